The van der Waals surface area contributed by atoms with E-state index in [1.807, 2.05) is 36.4 Å². The molecule has 12 heteroatoms. The molecule has 0 heterocycles. The summed E-state index contributed by atoms with van der Waals surface area (Å²) in [6, 6.07) is 20.5. The maximum atomic E-state index is 9.19. The fourth-order valence-electron chi connectivity index (χ4n) is 1.07. The van der Waals surface area contributed by atoms with E-state index in [2.05, 4.69) is 38.1 Å². The number of hydrogen-bond donors (Lipinski definition) is 1. The van der Waals surface area contributed by atoms with E-state index in [9.17, 15) is 8.42 Å². The van der Waals surface area contributed by atoms with E-state index in [1.54, 1.807) is 0 Å². The average molecular weight is 473 g/mol. The smallest absolute Gasteiger partial charge is 0.286 e. The molecule has 0 amide bonds. The highest BCUT2D eigenvalue weighted by atomic mass is 32.2. The third kappa shape index (κ3) is 77.1. The van der Waals surface area contributed by atoms with Gasteiger partial charge in [0.25, 0.3) is 10.1 Å². The van der Waals surface area contributed by atoms with Crippen LogP contribution in [0.4, 0.5) is 0 Å². The summed E-state index contributed by atoms with van der Waals surface area (Å²) in [5, 5.41) is 0. The number of rotatable bonds is 0. The quantitative estimate of drug-likeness (QED) is 0.569. The Morgan fingerprint density at radius 1 is 0.621 bits per heavy atom. The molecule has 0 unspecified atom stereocenters. The Morgan fingerprint density at radius 2 is 0.759 bits per heavy atom. The molecule has 168 valence electrons. The zero-order valence-electron chi connectivity index (χ0n) is 14.7. The summed E-state index contributed by atoms with van der Waals surface area (Å²) in [7, 11) is -9.89. The summed E-state index contributed by atoms with van der Waals surface area (Å²) in [6.07, 6.45) is 0.715. The third-order valence-electron chi connectivity index (χ3n) is 1.88. The van der Waals surface area contributed by atoms with Crippen LogP contribution in [0, 0.1) is 13.8 Å². The van der Waals surface area contributed by atoms with Crippen LogP contribution < -0.4 is 0 Å². The summed E-state index contributed by atoms with van der Waals surface area (Å²) in [5.74, 6) is 0. The zero-order chi connectivity index (χ0) is 21.9. The SMILES string of the molecule is C.C.CS(=O)(=O)O.Cc1ccccc1.Cc1ccccc1.O=S(=O)=O.O=S(=O)=O. The van der Waals surface area contributed by atoms with Gasteiger partial charge in [-0.05, 0) is 13.8 Å². The lowest BCUT2D eigenvalue weighted by molar-refractivity contribution is 0.490. The van der Waals surface area contributed by atoms with Gasteiger partial charge in [-0.2, -0.15) is 8.42 Å². The Labute approximate surface area is 176 Å². The first-order chi connectivity index (χ1) is 12.3. The highest BCUT2D eigenvalue weighted by Crippen LogP contribution is 1.92. The third-order valence-corrected chi connectivity index (χ3v) is 1.88. The predicted molar refractivity (Wildman–Crippen MR) is 113 cm³/mol. The molecule has 0 spiro atoms. The van der Waals surface area contributed by atoms with E-state index in [-0.39, 0.29) is 14.9 Å². The summed E-state index contributed by atoms with van der Waals surface area (Å²) >= 11 is 0. The summed E-state index contributed by atoms with van der Waals surface area (Å²) in [5.41, 5.74) is 2.64. The Bertz CT molecular complexity index is 834. The van der Waals surface area contributed by atoms with Crippen molar-refractivity contribution in [3.8, 4) is 0 Å². The van der Waals surface area contributed by atoms with E-state index in [1.165, 1.54) is 11.1 Å². The zero-order valence-corrected chi connectivity index (χ0v) is 17.2. The molecule has 0 radical (unpaired) electrons. The first kappa shape index (κ1) is 37.4. The molecule has 0 aromatic heterocycles. The van der Waals surface area contributed by atoms with Crippen LogP contribution in [0.2, 0.25) is 0 Å². The first-order valence-electron chi connectivity index (χ1n) is 6.75. The number of aryl methyl sites for hydroxylation is 2. The van der Waals surface area contributed by atoms with Crippen LogP contribution in [0.25, 0.3) is 0 Å². The minimum Gasteiger partial charge on any atom is -0.286 e. The molecule has 2 aromatic rings. The van der Waals surface area contributed by atoms with Crippen molar-refractivity contribution in [2.45, 2.75) is 28.7 Å². The van der Waals surface area contributed by atoms with Crippen LogP contribution >= 0.6 is 0 Å². The molecule has 0 aliphatic rings. The Hall–Kier alpha value is -2.41. The van der Waals surface area contributed by atoms with E-state index >= 15 is 0 Å². The van der Waals surface area contributed by atoms with Crippen LogP contribution in [-0.4, -0.2) is 44.5 Å². The molecule has 0 bridgehead atoms. The fourth-order valence-corrected chi connectivity index (χ4v) is 1.07. The molecule has 2 rings (SSSR count). The molecule has 1 N–H and O–H groups in total. The van der Waals surface area contributed by atoms with Gasteiger partial charge in [-0.25, -0.2) is 0 Å². The molecular weight excluding hydrogens is 444 g/mol. The lowest BCUT2D eigenvalue weighted by atomic mass is 10.2. The molecule has 0 aliphatic carbocycles. The lowest BCUT2D eigenvalue weighted by Gasteiger charge is -1.82. The Morgan fingerprint density at radius 3 is 0.828 bits per heavy atom. The monoisotopic (exact) mass is 472 g/mol. The van der Waals surface area contributed by atoms with Crippen molar-refractivity contribution in [2.75, 3.05) is 6.26 Å². The van der Waals surface area contributed by atoms with Gasteiger partial charge in [0.2, 0.25) is 0 Å². The Kier molecular flexibility index (Phi) is 30.4. The standard InChI is InChI=1S/2C7H8.CH4O3S.2CH4.2O3S/c2*1-7-5-3-2-4-6-7;1-5(2,3)4;;;2*1-4(2)3/h2*2-6H,1H3;1H3,(H,2,3,4);2*1H4;;. The lowest BCUT2D eigenvalue weighted by Crippen LogP contribution is -1.88. The van der Waals surface area contributed by atoms with Gasteiger partial charge < -0.3 is 0 Å². The van der Waals surface area contributed by atoms with Gasteiger partial charge in [0.1, 0.15) is 0 Å². The molecule has 0 saturated heterocycles. The molecule has 0 fully saturated rings. The minimum absolute atomic E-state index is 0. The molecular formula is C17H28O9S3. The van der Waals surface area contributed by atoms with Crippen molar-refractivity contribution in [3.63, 3.8) is 0 Å². The van der Waals surface area contributed by atoms with Gasteiger partial charge in [0.15, 0.2) is 0 Å². The molecule has 29 heavy (non-hydrogen) atoms. The van der Waals surface area contributed by atoms with Crippen molar-refractivity contribution in [2.24, 2.45) is 0 Å². The van der Waals surface area contributed by atoms with Crippen molar-refractivity contribution in [3.05, 3.63) is 71.8 Å². The molecule has 0 aliphatic heterocycles. The molecule has 2 aromatic carbocycles. The largest absolute Gasteiger partial charge is 0.425 e. The van der Waals surface area contributed by atoms with Crippen LogP contribution in [0.15, 0.2) is 60.7 Å². The first-order valence-corrected chi connectivity index (χ1v) is 10.6. The van der Waals surface area contributed by atoms with Crippen molar-refractivity contribution in [1.82, 2.24) is 0 Å². The second-order valence-corrected chi connectivity index (χ2v) is 6.73. The fraction of sp³-hybridized carbons (Fsp3) is 0.294. The van der Waals surface area contributed by atoms with Crippen molar-refractivity contribution in [1.29, 1.82) is 0 Å². The molecule has 9 nitrogen and oxygen atoms in total. The number of benzene rings is 2. The second-order valence-electron chi connectivity index (χ2n) is 4.45. The van der Waals surface area contributed by atoms with Gasteiger partial charge in [-0.3, -0.25) is 4.55 Å². The van der Waals surface area contributed by atoms with Gasteiger partial charge in [0.05, 0.1) is 6.26 Å². The Balaban J connectivity index is -0.0000000834. The van der Waals surface area contributed by atoms with Gasteiger partial charge >= 0.3 is 21.2 Å². The van der Waals surface area contributed by atoms with Gasteiger partial charge in [-0.15, -0.1) is 25.3 Å². The maximum Gasteiger partial charge on any atom is 0.425 e. The minimum atomic E-state index is -3.67. The van der Waals surface area contributed by atoms with Gasteiger partial charge in [-0.1, -0.05) is 86.6 Å². The van der Waals surface area contributed by atoms with Crippen molar-refractivity contribution >= 4 is 31.3 Å². The summed E-state index contributed by atoms with van der Waals surface area (Å²) in [6.45, 7) is 4.17. The topological polar surface area (TPSA) is 157 Å². The predicted octanol–water partition coefficient (Wildman–Crippen LogP) is 2.76. The van der Waals surface area contributed by atoms with Gasteiger partial charge in [0, 0.05) is 0 Å². The highest BCUT2D eigenvalue weighted by molar-refractivity contribution is 7.85. The maximum absolute atomic E-state index is 9.19. The van der Waals surface area contributed by atoms with E-state index in [4.69, 9.17) is 29.8 Å². The second kappa shape index (κ2) is 23.6. The van der Waals surface area contributed by atoms with Crippen LogP contribution in [0.5, 0.6) is 0 Å². The van der Waals surface area contributed by atoms with E-state index < -0.39 is 31.3 Å². The van der Waals surface area contributed by atoms with Crippen LogP contribution in [-0.2, 0) is 31.3 Å². The summed E-state index contributed by atoms with van der Waals surface area (Å²) < 4.78 is 76.5. The average Bonchev–Trinajstić information content (AvgIpc) is 2.46. The van der Waals surface area contributed by atoms with Crippen LogP contribution in [0.3, 0.4) is 0 Å². The van der Waals surface area contributed by atoms with Crippen LogP contribution in [0.1, 0.15) is 26.0 Å². The normalized spacial score (nSPS) is 7.86. The highest BCUT2D eigenvalue weighted by Gasteiger charge is 1.81. The molecule has 0 atom stereocenters. The van der Waals surface area contributed by atoms with E-state index in [0.717, 1.165) is 0 Å². The van der Waals surface area contributed by atoms with E-state index in [0.29, 0.717) is 6.26 Å². The molecule has 0 saturated carbocycles. The summed E-state index contributed by atoms with van der Waals surface area (Å²) in [4.78, 5) is 0. The number of hydrogen-bond acceptors (Lipinski definition) is 8. The van der Waals surface area contributed by atoms with Crippen molar-refractivity contribution < 1.29 is 38.2 Å².